The third-order valence-corrected chi connectivity index (χ3v) is 2.90. The van der Waals surface area contributed by atoms with Crippen LogP contribution >= 0.6 is 34.8 Å². The summed E-state index contributed by atoms with van der Waals surface area (Å²) in [6, 6.07) is 3.20. The van der Waals surface area contributed by atoms with E-state index < -0.39 is 0 Å². The number of ether oxygens (including phenoxy) is 1. The summed E-state index contributed by atoms with van der Waals surface area (Å²) >= 11 is 17.6. The summed E-state index contributed by atoms with van der Waals surface area (Å²) in [7, 11) is 1.34. The van der Waals surface area contributed by atoms with Crippen molar-refractivity contribution in [3.63, 3.8) is 0 Å². The van der Waals surface area contributed by atoms with E-state index in [0.29, 0.717) is 20.6 Å². The molecule has 5 heteroatoms. The highest BCUT2D eigenvalue weighted by atomic mass is 35.5. The van der Waals surface area contributed by atoms with Gasteiger partial charge >= 0.3 is 5.97 Å². The molecule has 0 unspecified atom stereocenters. The number of hydrogen-bond acceptors (Lipinski definition) is 2. The lowest BCUT2D eigenvalue weighted by atomic mass is 10.2. The molecule has 1 rings (SSSR count). The second-order valence-electron chi connectivity index (χ2n) is 2.97. The van der Waals surface area contributed by atoms with E-state index in [2.05, 4.69) is 4.74 Å². The number of hydrogen-bond donors (Lipinski definition) is 0. The van der Waals surface area contributed by atoms with Crippen molar-refractivity contribution in [1.82, 2.24) is 0 Å². The molecule has 0 fully saturated rings. The number of benzene rings is 1. The van der Waals surface area contributed by atoms with Crippen molar-refractivity contribution in [2.75, 3.05) is 7.11 Å². The first kappa shape index (κ1) is 13.4. The van der Waals surface area contributed by atoms with Gasteiger partial charge in [-0.3, -0.25) is 4.79 Å². The standard InChI is InChI=1S/C11H9Cl3O2/c1-16-11(15)4-2-3-7-5-9(13)10(14)6-8(7)12/h2-3,5-6H,4H2,1H3. The summed E-state index contributed by atoms with van der Waals surface area (Å²) in [5.74, 6) is -0.313. The molecule has 0 spiro atoms. The average molecular weight is 280 g/mol. The van der Waals surface area contributed by atoms with Crippen molar-refractivity contribution in [3.05, 3.63) is 38.8 Å². The van der Waals surface area contributed by atoms with Gasteiger partial charge in [0.1, 0.15) is 0 Å². The first-order valence-corrected chi connectivity index (χ1v) is 5.56. The molecular formula is C11H9Cl3O2. The lowest BCUT2D eigenvalue weighted by molar-refractivity contribution is -0.139. The quantitative estimate of drug-likeness (QED) is 0.611. The van der Waals surface area contributed by atoms with Crippen LogP contribution in [0.4, 0.5) is 0 Å². The van der Waals surface area contributed by atoms with Crippen molar-refractivity contribution >= 4 is 46.8 Å². The predicted octanol–water partition coefficient (Wildman–Crippen LogP) is 4.22. The van der Waals surface area contributed by atoms with Gasteiger partial charge in [0.25, 0.3) is 0 Å². The molecule has 1 aromatic rings. The minimum atomic E-state index is -0.313. The van der Waals surface area contributed by atoms with E-state index in [-0.39, 0.29) is 12.4 Å². The molecule has 2 nitrogen and oxygen atoms in total. The highest BCUT2D eigenvalue weighted by Crippen LogP contribution is 2.29. The maximum Gasteiger partial charge on any atom is 0.309 e. The minimum Gasteiger partial charge on any atom is -0.469 e. The number of esters is 1. The molecule has 0 saturated carbocycles. The van der Waals surface area contributed by atoms with E-state index in [9.17, 15) is 4.79 Å². The summed E-state index contributed by atoms with van der Waals surface area (Å²) in [5, 5.41) is 1.30. The number of rotatable bonds is 3. The molecule has 0 saturated heterocycles. The van der Waals surface area contributed by atoms with Crippen LogP contribution in [-0.4, -0.2) is 13.1 Å². The fourth-order valence-corrected chi connectivity index (χ4v) is 1.65. The van der Waals surface area contributed by atoms with Crippen LogP contribution in [0.1, 0.15) is 12.0 Å². The van der Waals surface area contributed by atoms with Gasteiger partial charge in [-0.15, -0.1) is 0 Å². The van der Waals surface area contributed by atoms with Gasteiger partial charge in [0.2, 0.25) is 0 Å². The fourth-order valence-electron chi connectivity index (χ4n) is 1.03. The molecule has 0 heterocycles. The zero-order valence-electron chi connectivity index (χ0n) is 8.47. The van der Waals surface area contributed by atoms with E-state index in [4.69, 9.17) is 34.8 Å². The smallest absolute Gasteiger partial charge is 0.309 e. The molecule has 0 aliphatic carbocycles. The van der Waals surface area contributed by atoms with Crippen molar-refractivity contribution in [3.8, 4) is 0 Å². The highest BCUT2D eigenvalue weighted by molar-refractivity contribution is 6.43. The Hall–Kier alpha value is -0.700. The van der Waals surface area contributed by atoms with Crippen LogP contribution < -0.4 is 0 Å². The third kappa shape index (κ3) is 3.71. The first-order chi connectivity index (χ1) is 7.54. The van der Waals surface area contributed by atoms with Crippen molar-refractivity contribution in [2.45, 2.75) is 6.42 Å². The van der Waals surface area contributed by atoms with Crippen LogP contribution in [-0.2, 0) is 9.53 Å². The molecule has 0 aliphatic rings. The fraction of sp³-hybridized carbons (Fsp3) is 0.182. The maximum atomic E-state index is 10.9. The SMILES string of the molecule is COC(=O)CC=Cc1cc(Cl)c(Cl)cc1Cl. The number of carbonyl (C=O) groups is 1. The molecule has 0 amide bonds. The Kier molecular flexibility index (Phi) is 5.13. The van der Waals surface area contributed by atoms with Crippen LogP contribution in [0.3, 0.4) is 0 Å². The van der Waals surface area contributed by atoms with Crippen LogP contribution in [0.2, 0.25) is 15.1 Å². The van der Waals surface area contributed by atoms with Crippen molar-refractivity contribution < 1.29 is 9.53 Å². The van der Waals surface area contributed by atoms with Crippen molar-refractivity contribution in [2.24, 2.45) is 0 Å². The van der Waals surface area contributed by atoms with Gasteiger partial charge in [-0.1, -0.05) is 47.0 Å². The number of methoxy groups -OCH3 is 1. The van der Waals surface area contributed by atoms with Gasteiger partial charge in [-0.25, -0.2) is 0 Å². The Morgan fingerprint density at radius 1 is 1.25 bits per heavy atom. The summed E-state index contributed by atoms with van der Waals surface area (Å²) in [6.07, 6.45) is 3.53. The second kappa shape index (κ2) is 6.14. The zero-order chi connectivity index (χ0) is 12.1. The van der Waals surface area contributed by atoms with Crippen LogP contribution in [0.5, 0.6) is 0 Å². The van der Waals surface area contributed by atoms with Gasteiger partial charge in [0.05, 0.1) is 23.6 Å². The molecule has 0 aliphatic heterocycles. The van der Waals surface area contributed by atoms with E-state index in [0.717, 1.165) is 0 Å². The molecular weight excluding hydrogens is 270 g/mol. The summed E-state index contributed by atoms with van der Waals surface area (Å²) in [6.45, 7) is 0. The summed E-state index contributed by atoms with van der Waals surface area (Å²) in [4.78, 5) is 10.9. The Labute approximate surface area is 109 Å². The van der Waals surface area contributed by atoms with Gasteiger partial charge < -0.3 is 4.74 Å². The average Bonchev–Trinajstić information content (AvgIpc) is 2.25. The lowest BCUT2D eigenvalue weighted by Crippen LogP contribution is -1.96. The molecule has 0 N–H and O–H groups in total. The number of halogens is 3. The molecule has 86 valence electrons. The monoisotopic (exact) mass is 278 g/mol. The molecule has 16 heavy (non-hydrogen) atoms. The van der Waals surface area contributed by atoms with E-state index in [1.165, 1.54) is 7.11 Å². The Morgan fingerprint density at radius 3 is 2.50 bits per heavy atom. The topological polar surface area (TPSA) is 26.3 Å². The van der Waals surface area contributed by atoms with Crippen molar-refractivity contribution in [1.29, 1.82) is 0 Å². The van der Waals surface area contributed by atoms with Gasteiger partial charge in [-0.2, -0.15) is 0 Å². The molecule has 0 radical (unpaired) electrons. The Bertz CT molecular complexity index is 427. The molecule has 1 aromatic carbocycles. The van der Waals surface area contributed by atoms with E-state index in [1.54, 1.807) is 24.3 Å². The normalized spacial score (nSPS) is 10.8. The van der Waals surface area contributed by atoms with Crippen LogP contribution in [0.15, 0.2) is 18.2 Å². The second-order valence-corrected chi connectivity index (χ2v) is 4.19. The largest absolute Gasteiger partial charge is 0.469 e. The molecule has 0 bridgehead atoms. The predicted molar refractivity (Wildman–Crippen MR) is 67.1 cm³/mol. The lowest BCUT2D eigenvalue weighted by Gasteiger charge is -2.01. The summed E-state index contributed by atoms with van der Waals surface area (Å²) < 4.78 is 4.49. The maximum absolute atomic E-state index is 10.9. The van der Waals surface area contributed by atoms with E-state index >= 15 is 0 Å². The van der Waals surface area contributed by atoms with Gasteiger partial charge in [0.15, 0.2) is 0 Å². The van der Waals surface area contributed by atoms with Crippen LogP contribution in [0, 0.1) is 0 Å². The van der Waals surface area contributed by atoms with Crippen LogP contribution in [0.25, 0.3) is 6.08 Å². The molecule has 0 aromatic heterocycles. The Morgan fingerprint density at radius 2 is 1.88 bits per heavy atom. The van der Waals surface area contributed by atoms with E-state index in [1.807, 2.05) is 0 Å². The summed E-state index contributed by atoms with van der Waals surface area (Å²) in [5.41, 5.74) is 0.708. The Balaban J connectivity index is 2.81. The first-order valence-electron chi connectivity index (χ1n) is 4.42. The third-order valence-electron chi connectivity index (χ3n) is 1.85. The highest BCUT2D eigenvalue weighted by Gasteiger charge is 2.03. The zero-order valence-corrected chi connectivity index (χ0v) is 10.7. The van der Waals surface area contributed by atoms with Gasteiger partial charge in [0, 0.05) is 5.02 Å². The minimum absolute atomic E-state index is 0.188. The molecule has 0 atom stereocenters. The van der Waals surface area contributed by atoms with Gasteiger partial charge in [-0.05, 0) is 17.7 Å². The number of carbonyl (C=O) groups excluding carboxylic acids is 1.